The lowest BCUT2D eigenvalue weighted by molar-refractivity contribution is -0.327. The van der Waals surface area contributed by atoms with Gasteiger partial charge in [0.1, 0.15) is 48.7 Å². The quantitative estimate of drug-likeness (QED) is 0.202. The van der Waals surface area contributed by atoms with Crippen LogP contribution in [0.3, 0.4) is 0 Å². The fourth-order valence-electron chi connectivity index (χ4n) is 3.38. The number of aliphatic hydroxyl groups is 6. The largest absolute Gasteiger partial charge is 0.394 e. The van der Waals surface area contributed by atoms with Gasteiger partial charge in [0.15, 0.2) is 12.6 Å². The number of rotatable bonds is 6. The maximum atomic E-state index is 11.5. The van der Waals surface area contributed by atoms with Gasteiger partial charge >= 0.3 is 0 Å². The van der Waals surface area contributed by atoms with Crippen LogP contribution in [-0.4, -0.2) is 117 Å². The number of aliphatic hydroxyl groups excluding tert-OH is 6. The summed E-state index contributed by atoms with van der Waals surface area (Å²) < 4.78 is 16.3. The van der Waals surface area contributed by atoms with Crippen molar-refractivity contribution in [2.24, 2.45) is 0 Å². The van der Waals surface area contributed by atoms with Crippen molar-refractivity contribution >= 4 is 11.8 Å². The Labute approximate surface area is 166 Å². The molecule has 0 saturated carbocycles. The lowest BCUT2D eigenvalue weighted by Gasteiger charge is -2.47. The van der Waals surface area contributed by atoms with E-state index in [1.54, 1.807) is 0 Å². The van der Waals surface area contributed by atoms with E-state index in [1.165, 1.54) is 0 Å². The van der Waals surface area contributed by atoms with Gasteiger partial charge in [0, 0.05) is 13.8 Å². The van der Waals surface area contributed by atoms with Gasteiger partial charge in [-0.15, -0.1) is 0 Å². The van der Waals surface area contributed by atoms with Crippen molar-refractivity contribution in [1.29, 1.82) is 0 Å². The van der Waals surface area contributed by atoms with E-state index in [0.29, 0.717) is 0 Å². The third-order valence-corrected chi connectivity index (χ3v) is 4.78. The number of hydrogen-bond acceptors (Lipinski definition) is 11. The number of nitrogens with one attached hydrogen (secondary N) is 2. The average molecular weight is 424 g/mol. The summed E-state index contributed by atoms with van der Waals surface area (Å²) in [5.41, 5.74) is 0. The molecule has 0 bridgehead atoms. The van der Waals surface area contributed by atoms with Crippen LogP contribution in [0.5, 0.6) is 0 Å². The summed E-state index contributed by atoms with van der Waals surface area (Å²) in [6.45, 7) is 0.962. The molecule has 8 N–H and O–H groups in total. The van der Waals surface area contributed by atoms with Crippen LogP contribution in [0, 0.1) is 0 Å². The van der Waals surface area contributed by atoms with Crippen LogP contribution < -0.4 is 10.6 Å². The summed E-state index contributed by atoms with van der Waals surface area (Å²) >= 11 is 0. The minimum atomic E-state index is -1.64. The van der Waals surface area contributed by atoms with Crippen molar-refractivity contribution < 1.29 is 54.4 Å². The SMILES string of the molecule is CC(=O)N[C@@H]1[C@@H](O)[C@H](O[C@@H]2O[C@H](CO)[C@@H](O)[C@H](O)[C@H]2NC(C)=O)[C@H](CO)O[C@@H]1O. The summed E-state index contributed by atoms with van der Waals surface area (Å²) in [6.07, 6.45) is -11.7. The van der Waals surface area contributed by atoms with Crippen LogP contribution in [0.25, 0.3) is 0 Å². The Hall–Kier alpha value is -1.42. The van der Waals surface area contributed by atoms with Gasteiger partial charge in [0.2, 0.25) is 11.8 Å². The molecule has 29 heavy (non-hydrogen) atoms. The molecule has 13 heteroatoms. The van der Waals surface area contributed by atoms with Crippen LogP contribution >= 0.6 is 0 Å². The van der Waals surface area contributed by atoms with E-state index in [1.807, 2.05) is 0 Å². The monoisotopic (exact) mass is 424 g/mol. The predicted octanol–water partition coefficient (Wildman–Crippen LogP) is -5.11. The molecule has 2 rings (SSSR count). The van der Waals surface area contributed by atoms with Crippen LogP contribution in [0.2, 0.25) is 0 Å². The van der Waals surface area contributed by atoms with E-state index >= 15 is 0 Å². The van der Waals surface area contributed by atoms with Crippen molar-refractivity contribution in [3.8, 4) is 0 Å². The third kappa shape index (κ3) is 5.39. The Morgan fingerprint density at radius 2 is 1.38 bits per heavy atom. The van der Waals surface area contributed by atoms with E-state index in [4.69, 9.17) is 14.2 Å². The Morgan fingerprint density at radius 1 is 0.828 bits per heavy atom. The predicted molar refractivity (Wildman–Crippen MR) is 91.8 cm³/mol. The summed E-state index contributed by atoms with van der Waals surface area (Å²) in [5.74, 6) is -1.14. The maximum absolute atomic E-state index is 11.5. The first-order chi connectivity index (χ1) is 13.6. The fourth-order valence-corrected chi connectivity index (χ4v) is 3.38. The molecule has 10 atom stereocenters. The van der Waals surface area contributed by atoms with Gasteiger partial charge in [-0.1, -0.05) is 0 Å². The smallest absolute Gasteiger partial charge is 0.217 e. The molecule has 2 saturated heterocycles. The highest BCUT2D eigenvalue weighted by Crippen LogP contribution is 2.28. The van der Waals surface area contributed by atoms with Crippen molar-refractivity contribution in [2.75, 3.05) is 13.2 Å². The molecule has 0 aliphatic carbocycles. The molecule has 0 spiro atoms. The highest BCUT2D eigenvalue weighted by molar-refractivity contribution is 5.73. The highest BCUT2D eigenvalue weighted by atomic mass is 16.7. The van der Waals surface area contributed by atoms with Crippen LogP contribution in [-0.2, 0) is 23.8 Å². The Balaban J connectivity index is 2.26. The third-order valence-electron chi connectivity index (χ3n) is 4.78. The summed E-state index contributed by atoms with van der Waals surface area (Å²) in [4.78, 5) is 22.8. The van der Waals surface area contributed by atoms with Crippen molar-refractivity contribution in [2.45, 2.75) is 75.1 Å². The lowest BCUT2D eigenvalue weighted by atomic mass is 9.94. The Bertz CT molecular complexity index is 579. The number of hydrogen-bond donors (Lipinski definition) is 8. The maximum Gasteiger partial charge on any atom is 0.217 e. The van der Waals surface area contributed by atoms with Gasteiger partial charge in [-0.2, -0.15) is 0 Å². The lowest BCUT2D eigenvalue weighted by Crippen LogP contribution is -2.69. The van der Waals surface area contributed by atoms with Gasteiger partial charge < -0.3 is 55.5 Å². The molecule has 2 fully saturated rings. The first-order valence-corrected chi connectivity index (χ1v) is 9.05. The molecular weight excluding hydrogens is 396 g/mol. The molecule has 2 aliphatic rings. The van der Waals surface area contributed by atoms with Crippen LogP contribution in [0.15, 0.2) is 0 Å². The average Bonchev–Trinajstić information content (AvgIpc) is 2.65. The van der Waals surface area contributed by atoms with Crippen LogP contribution in [0.1, 0.15) is 13.8 Å². The molecule has 0 aromatic carbocycles. The zero-order valence-electron chi connectivity index (χ0n) is 15.9. The van der Waals surface area contributed by atoms with Crippen molar-refractivity contribution in [1.82, 2.24) is 10.6 Å². The zero-order valence-corrected chi connectivity index (χ0v) is 15.9. The van der Waals surface area contributed by atoms with E-state index in [9.17, 15) is 40.2 Å². The van der Waals surface area contributed by atoms with E-state index in [2.05, 4.69) is 10.6 Å². The second kappa shape index (κ2) is 10.1. The first kappa shape index (κ1) is 23.9. The number of carbonyl (C=O) groups excluding carboxylic acids is 2. The summed E-state index contributed by atoms with van der Waals surface area (Å²) in [5, 5.41) is 64.5. The zero-order chi connectivity index (χ0) is 21.9. The standard InChI is InChI=1S/C16H28N2O11/c1-5(21)17-9-13(25)14(8(4-20)27-15(9)26)29-16-10(18-6(2)22)12(24)11(23)7(3-19)28-16/h7-16,19-20,23-26H,3-4H2,1-2H3,(H,17,21)(H,18,22)/t7-,8+,9-,10-,11-,12-,13-,14-,15+,16+/m1/s1. The highest BCUT2D eigenvalue weighted by Gasteiger charge is 2.51. The molecule has 168 valence electrons. The molecule has 0 aromatic heterocycles. The van der Waals surface area contributed by atoms with Gasteiger partial charge in [0.05, 0.1) is 13.2 Å². The topological polar surface area (TPSA) is 207 Å². The Morgan fingerprint density at radius 3 is 1.90 bits per heavy atom. The van der Waals surface area contributed by atoms with Gasteiger partial charge in [0.25, 0.3) is 0 Å². The summed E-state index contributed by atoms with van der Waals surface area (Å²) in [6, 6.07) is -2.59. The van der Waals surface area contributed by atoms with Gasteiger partial charge in [-0.25, -0.2) is 0 Å². The molecule has 0 radical (unpaired) electrons. The molecule has 2 heterocycles. The molecule has 2 amide bonds. The molecule has 0 unspecified atom stereocenters. The van der Waals surface area contributed by atoms with E-state index in [-0.39, 0.29) is 0 Å². The minimum absolute atomic E-state index is 0.568. The molecular formula is C16H28N2O11. The molecule has 2 aliphatic heterocycles. The molecule has 0 aromatic rings. The minimum Gasteiger partial charge on any atom is -0.394 e. The van der Waals surface area contributed by atoms with E-state index < -0.39 is 86.3 Å². The number of carbonyl (C=O) groups is 2. The van der Waals surface area contributed by atoms with Crippen LogP contribution in [0.4, 0.5) is 0 Å². The molecule has 13 nitrogen and oxygen atoms in total. The summed E-state index contributed by atoms with van der Waals surface area (Å²) in [7, 11) is 0. The van der Waals surface area contributed by atoms with Crippen molar-refractivity contribution in [3.05, 3.63) is 0 Å². The second-order valence-corrected chi connectivity index (χ2v) is 7.00. The number of amides is 2. The van der Waals surface area contributed by atoms with Gasteiger partial charge in [-0.3, -0.25) is 9.59 Å². The normalized spacial score (nSPS) is 42.9. The fraction of sp³-hybridized carbons (Fsp3) is 0.875. The first-order valence-electron chi connectivity index (χ1n) is 9.05. The Kier molecular flexibility index (Phi) is 8.28. The second-order valence-electron chi connectivity index (χ2n) is 7.00. The van der Waals surface area contributed by atoms with E-state index in [0.717, 1.165) is 13.8 Å². The van der Waals surface area contributed by atoms with Gasteiger partial charge in [-0.05, 0) is 0 Å². The van der Waals surface area contributed by atoms with Crippen molar-refractivity contribution in [3.63, 3.8) is 0 Å². The number of ether oxygens (including phenoxy) is 3.